The van der Waals surface area contributed by atoms with Gasteiger partial charge in [0.05, 0.1) is 24.7 Å². The number of methoxy groups -OCH3 is 2. The Kier molecular flexibility index (Phi) is 4.01. The Bertz CT molecular complexity index is 791. The van der Waals surface area contributed by atoms with Crippen LogP contribution < -0.4 is 9.47 Å². The average Bonchev–Trinajstić information content (AvgIpc) is 3.07. The van der Waals surface area contributed by atoms with Crippen LogP contribution in [0.4, 0.5) is 0 Å². The third-order valence-electron chi connectivity index (χ3n) is 3.09. The quantitative estimate of drug-likeness (QED) is 0.597. The number of carbonyl (C=O) groups is 1. The molecule has 2 heterocycles. The smallest absolute Gasteiger partial charge is 0.206 e. The molecule has 0 aliphatic carbocycles. The van der Waals surface area contributed by atoms with E-state index in [1.54, 1.807) is 37.7 Å². The van der Waals surface area contributed by atoms with Crippen LogP contribution in [0.2, 0.25) is 0 Å². The third kappa shape index (κ3) is 2.47. The summed E-state index contributed by atoms with van der Waals surface area (Å²) in [5.41, 5.74) is 0.527. The predicted octanol–water partition coefficient (Wildman–Crippen LogP) is 4.97. The number of benzene rings is 1. The molecule has 0 spiro atoms. The van der Waals surface area contributed by atoms with Gasteiger partial charge in [-0.05, 0) is 45.6 Å². The van der Waals surface area contributed by atoms with Gasteiger partial charge in [0.2, 0.25) is 5.78 Å². The van der Waals surface area contributed by atoms with Crippen LogP contribution in [0.1, 0.15) is 15.2 Å². The van der Waals surface area contributed by atoms with E-state index in [2.05, 4.69) is 15.9 Å². The van der Waals surface area contributed by atoms with Crippen molar-refractivity contribution in [3.63, 3.8) is 0 Å². The molecular weight excluding hydrogens is 372 g/mol. The second-order valence-electron chi connectivity index (χ2n) is 4.25. The van der Waals surface area contributed by atoms with E-state index in [4.69, 9.17) is 9.47 Å². The number of thiophene rings is 2. The zero-order chi connectivity index (χ0) is 15.0. The SMILES string of the molecule is COc1ccc(C(=O)c2cc3sccc3s2)c(OC)c1Br. The van der Waals surface area contributed by atoms with Crippen molar-refractivity contribution in [2.24, 2.45) is 0 Å². The molecule has 0 unspecified atom stereocenters. The van der Waals surface area contributed by atoms with Crippen LogP contribution >= 0.6 is 38.6 Å². The van der Waals surface area contributed by atoms with Gasteiger partial charge in [-0.3, -0.25) is 4.79 Å². The average molecular weight is 383 g/mol. The Morgan fingerprint density at radius 1 is 1.14 bits per heavy atom. The zero-order valence-electron chi connectivity index (χ0n) is 11.3. The summed E-state index contributed by atoms with van der Waals surface area (Å²) in [6.45, 7) is 0. The van der Waals surface area contributed by atoms with Crippen molar-refractivity contribution < 1.29 is 14.3 Å². The van der Waals surface area contributed by atoms with E-state index >= 15 is 0 Å². The monoisotopic (exact) mass is 382 g/mol. The fourth-order valence-electron chi connectivity index (χ4n) is 2.08. The van der Waals surface area contributed by atoms with Gasteiger partial charge in [-0.15, -0.1) is 22.7 Å². The van der Waals surface area contributed by atoms with Gasteiger partial charge < -0.3 is 9.47 Å². The summed E-state index contributed by atoms with van der Waals surface area (Å²) in [5, 5.41) is 2.03. The normalized spacial score (nSPS) is 10.8. The lowest BCUT2D eigenvalue weighted by atomic mass is 10.1. The lowest BCUT2D eigenvalue weighted by molar-refractivity contribution is 0.103. The second-order valence-corrected chi connectivity index (χ2v) is 7.08. The van der Waals surface area contributed by atoms with Crippen LogP contribution in [-0.4, -0.2) is 20.0 Å². The molecule has 21 heavy (non-hydrogen) atoms. The van der Waals surface area contributed by atoms with Crippen molar-refractivity contribution in [2.75, 3.05) is 14.2 Å². The van der Waals surface area contributed by atoms with E-state index in [1.807, 2.05) is 17.5 Å². The Balaban J connectivity index is 2.09. The van der Waals surface area contributed by atoms with Crippen LogP contribution in [0, 0.1) is 0 Å². The zero-order valence-corrected chi connectivity index (χ0v) is 14.5. The molecular formula is C15H11BrO3S2. The van der Waals surface area contributed by atoms with Crippen molar-refractivity contribution in [3.05, 3.63) is 44.6 Å². The van der Waals surface area contributed by atoms with Crippen molar-refractivity contribution in [1.29, 1.82) is 0 Å². The molecule has 3 rings (SSSR count). The standard InChI is InChI=1S/C15H11BrO3S2/c1-18-9-4-3-8(15(19-2)13(9)16)14(17)12-7-11-10(21-12)5-6-20-11/h3-7H,1-2H3. The topological polar surface area (TPSA) is 35.5 Å². The molecule has 0 saturated carbocycles. The van der Waals surface area contributed by atoms with E-state index < -0.39 is 0 Å². The number of hydrogen-bond donors (Lipinski definition) is 0. The molecule has 0 bridgehead atoms. The van der Waals surface area contributed by atoms with Crippen LogP contribution in [-0.2, 0) is 0 Å². The van der Waals surface area contributed by atoms with Gasteiger partial charge >= 0.3 is 0 Å². The lowest BCUT2D eigenvalue weighted by Crippen LogP contribution is -2.03. The summed E-state index contributed by atoms with van der Waals surface area (Å²) in [6, 6.07) is 7.46. The number of carbonyl (C=O) groups excluding carboxylic acids is 1. The molecule has 0 aliphatic heterocycles. The van der Waals surface area contributed by atoms with Gasteiger partial charge in [0.25, 0.3) is 0 Å². The van der Waals surface area contributed by atoms with Crippen LogP contribution in [0.5, 0.6) is 11.5 Å². The molecule has 3 nitrogen and oxygen atoms in total. The molecule has 3 aromatic rings. The number of hydrogen-bond acceptors (Lipinski definition) is 5. The van der Waals surface area contributed by atoms with Crippen molar-refractivity contribution in [1.82, 2.24) is 0 Å². The molecule has 6 heteroatoms. The van der Waals surface area contributed by atoms with E-state index in [0.717, 1.165) is 9.40 Å². The number of rotatable bonds is 4. The van der Waals surface area contributed by atoms with Crippen LogP contribution in [0.3, 0.4) is 0 Å². The molecule has 0 atom stereocenters. The minimum atomic E-state index is -0.0383. The lowest BCUT2D eigenvalue weighted by Gasteiger charge is -2.12. The maximum absolute atomic E-state index is 12.7. The highest BCUT2D eigenvalue weighted by molar-refractivity contribution is 9.10. The summed E-state index contributed by atoms with van der Waals surface area (Å²) in [4.78, 5) is 13.4. The summed E-state index contributed by atoms with van der Waals surface area (Å²) >= 11 is 6.56. The molecule has 0 saturated heterocycles. The molecule has 0 fully saturated rings. The maximum Gasteiger partial charge on any atom is 0.206 e. The molecule has 0 radical (unpaired) electrons. The maximum atomic E-state index is 12.7. The second kappa shape index (κ2) is 5.79. The minimum Gasteiger partial charge on any atom is -0.495 e. The van der Waals surface area contributed by atoms with E-state index in [-0.39, 0.29) is 5.78 Å². The first-order valence-electron chi connectivity index (χ1n) is 6.08. The van der Waals surface area contributed by atoms with Gasteiger partial charge in [-0.2, -0.15) is 0 Å². The number of ether oxygens (including phenoxy) is 2. The molecule has 1 aromatic carbocycles. The Morgan fingerprint density at radius 2 is 1.95 bits per heavy atom. The number of fused-ring (bicyclic) bond motifs is 1. The number of halogens is 1. The Morgan fingerprint density at radius 3 is 2.62 bits per heavy atom. The summed E-state index contributed by atoms with van der Waals surface area (Å²) in [5.74, 6) is 1.09. The molecule has 0 aliphatic rings. The highest BCUT2D eigenvalue weighted by Gasteiger charge is 2.21. The fourth-order valence-corrected chi connectivity index (χ4v) is 4.82. The van der Waals surface area contributed by atoms with E-state index in [0.29, 0.717) is 26.4 Å². The fraction of sp³-hybridized carbons (Fsp3) is 0.133. The van der Waals surface area contributed by atoms with Gasteiger partial charge in [0.15, 0.2) is 0 Å². The summed E-state index contributed by atoms with van der Waals surface area (Å²) in [6.07, 6.45) is 0. The van der Waals surface area contributed by atoms with Crippen molar-refractivity contribution in [3.8, 4) is 11.5 Å². The van der Waals surface area contributed by atoms with E-state index in [1.165, 1.54) is 11.3 Å². The summed E-state index contributed by atoms with van der Waals surface area (Å²) < 4.78 is 13.5. The Hall–Kier alpha value is -1.37. The highest BCUT2D eigenvalue weighted by Crippen LogP contribution is 2.39. The van der Waals surface area contributed by atoms with Crippen molar-refractivity contribution >= 4 is 53.8 Å². The Labute approximate surface area is 138 Å². The first-order chi connectivity index (χ1) is 10.2. The predicted molar refractivity (Wildman–Crippen MR) is 90.4 cm³/mol. The number of ketones is 1. The third-order valence-corrected chi connectivity index (χ3v) is 5.94. The van der Waals surface area contributed by atoms with Gasteiger partial charge in [-0.1, -0.05) is 0 Å². The van der Waals surface area contributed by atoms with E-state index in [9.17, 15) is 4.79 Å². The summed E-state index contributed by atoms with van der Waals surface area (Å²) in [7, 11) is 3.12. The van der Waals surface area contributed by atoms with Crippen LogP contribution in [0.15, 0.2) is 34.1 Å². The first kappa shape index (κ1) is 14.6. The largest absolute Gasteiger partial charge is 0.495 e. The first-order valence-corrected chi connectivity index (χ1v) is 8.57. The molecule has 108 valence electrons. The molecule has 0 amide bonds. The van der Waals surface area contributed by atoms with Crippen LogP contribution in [0.25, 0.3) is 9.40 Å². The molecule has 2 aromatic heterocycles. The van der Waals surface area contributed by atoms with Crippen molar-refractivity contribution in [2.45, 2.75) is 0 Å². The van der Waals surface area contributed by atoms with Gasteiger partial charge in [-0.25, -0.2) is 0 Å². The highest BCUT2D eigenvalue weighted by atomic mass is 79.9. The van der Waals surface area contributed by atoms with Gasteiger partial charge in [0.1, 0.15) is 16.0 Å². The molecule has 0 N–H and O–H groups in total. The van der Waals surface area contributed by atoms with Gasteiger partial charge in [0, 0.05) is 9.40 Å². The minimum absolute atomic E-state index is 0.0383.